The number of nitrogens with two attached hydrogens (primary N) is 1. The first-order valence-electron chi connectivity index (χ1n) is 7.33. The number of benzene rings is 2. The lowest BCUT2D eigenvalue weighted by Crippen LogP contribution is -2.06. The van der Waals surface area contributed by atoms with Crippen molar-refractivity contribution in [2.45, 2.75) is 19.8 Å². The van der Waals surface area contributed by atoms with Gasteiger partial charge in [0, 0.05) is 11.1 Å². The molecule has 0 atom stereocenters. The van der Waals surface area contributed by atoms with Gasteiger partial charge in [-0.1, -0.05) is 55.8 Å². The first kappa shape index (κ1) is 17.6. The van der Waals surface area contributed by atoms with Crippen molar-refractivity contribution in [1.29, 1.82) is 0 Å². The van der Waals surface area contributed by atoms with E-state index in [9.17, 15) is 9.59 Å². The Morgan fingerprint density at radius 1 is 1.09 bits per heavy atom. The number of hydrogen-bond acceptors (Lipinski definition) is 3. The van der Waals surface area contributed by atoms with Gasteiger partial charge < -0.3 is 11.1 Å². The van der Waals surface area contributed by atoms with Crippen LogP contribution in [0.4, 0.5) is 5.69 Å². The molecule has 1 amide bonds. The molecule has 0 radical (unpaired) electrons. The van der Waals surface area contributed by atoms with Crippen molar-refractivity contribution in [3.63, 3.8) is 0 Å². The molecule has 3 N–H and O–H groups in total. The molecule has 2 aromatic carbocycles. The fraction of sp³-hybridized carbons (Fsp3) is 0.222. The molecule has 4 nitrogen and oxygen atoms in total. The molecule has 2 aromatic rings. The molecule has 4 heteroatoms. The van der Waals surface area contributed by atoms with Crippen LogP contribution in [-0.4, -0.2) is 18.7 Å². The summed E-state index contributed by atoms with van der Waals surface area (Å²) < 4.78 is 0. The van der Waals surface area contributed by atoms with E-state index in [4.69, 9.17) is 5.73 Å². The van der Waals surface area contributed by atoms with Crippen molar-refractivity contribution in [2.75, 3.05) is 11.9 Å². The predicted octanol–water partition coefficient (Wildman–Crippen LogP) is 3.23. The largest absolute Gasteiger partial charge is 0.330 e. The highest BCUT2D eigenvalue weighted by Crippen LogP contribution is 2.18. The molecule has 0 aliphatic carbocycles. The molecule has 116 valence electrons. The first-order valence-corrected chi connectivity index (χ1v) is 7.33. The van der Waals surface area contributed by atoms with Gasteiger partial charge in [0.25, 0.3) is 0 Å². The molecule has 0 fully saturated rings. The molecule has 0 aliphatic heterocycles. The van der Waals surface area contributed by atoms with Crippen molar-refractivity contribution < 1.29 is 9.59 Å². The maximum absolute atomic E-state index is 12.2. The Morgan fingerprint density at radius 3 is 2.27 bits per heavy atom. The number of unbranched alkanes of at least 4 members (excludes halogenated alkanes) is 1. The summed E-state index contributed by atoms with van der Waals surface area (Å²) in [7, 11) is 0. The average molecular weight is 298 g/mol. The number of carbonyl (C=O) groups is 2. The Kier molecular flexibility index (Phi) is 8.23. The van der Waals surface area contributed by atoms with Crippen LogP contribution in [0.25, 0.3) is 0 Å². The minimum absolute atomic E-state index is 0.101. The second-order valence-corrected chi connectivity index (χ2v) is 4.65. The first-order chi connectivity index (χ1) is 10.7. The van der Waals surface area contributed by atoms with Gasteiger partial charge in [-0.3, -0.25) is 9.59 Å². The van der Waals surface area contributed by atoms with Gasteiger partial charge in [-0.05, 0) is 25.1 Å². The second-order valence-electron chi connectivity index (χ2n) is 4.65. The van der Waals surface area contributed by atoms with Gasteiger partial charge in [0.2, 0.25) is 6.41 Å². The summed E-state index contributed by atoms with van der Waals surface area (Å²) in [4.78, 5) is 22.6. The van der Waals surface area contributed by atoms with Crippen LogP contribution in [0.5, 0.6) is 0 Å². The number of nitrogens with one attached hydrogen (secondary N) is 1. The summed E-state index contributed by atoms with van der Waals surface area (Å²) in [6.45, 7) is 2.98. The van der Waals surface area contributed by atoms with Crippen LogP contribution in [0.15, 0.2) is 54.6 Å². The predicted molar refractivity (Wildman–Crippen MR) is 90.0 cm³/mol. The van der Waals surface area contributed by atoms with Crippen LogP contribution in [0, 0.1) is 0 Å². The van der Waals surface area contributed by atoms with E-state index in [0.717, 1.165) is 6.54 Å². The van der Waals surface area contributed by atoms with E-state index < -0.39 is 0 Å². The standard InChI is InChI=1S/C14H11NO2.C4H11N/c16-10-15-13-9-5-4-8-12(13)14(17)11-6-2-1-3-7-11;1-2-3-4-5/h1-10H,(H,15,16);2-5H2,1H3. The molecule has 0 aromatic heterocycles. The SMILES string of the molecule is CCCCN.O=CNc1ccccc1C(=O)c1ccccc1. The van der Waals surface area contributed by atoms with Crippen molar-refractivity contribution in [2.24, 2.45) is 5.73 Å². The number of rotatable bonds is 6. The monoisotopic (exact) mass is 298 g/mol. The van der Waals surface area contributed by atoms with Crippen molar-refractivity contribution in [3.05, 3.63) is 65.7 Å². The van der Waals surface area contributed by atoms with Crippen molar-refractivity contribution in [3.8, 4) is 0 Å². The zero-order chi connectivity index (χ0) is 16.2. The van der Waals surface area contributed by atoms with E-state index in [2.05, 4.69) is 12.2 Å². The summed E-state index contributed by atoms with van der Waals surface area (Å²) in [6, 6.07) is 15.9. The molecule has 0 bridgehead atoms. The fourth-order valence-corrected chi connectivity index (χ4v) is 1.82. The highest BCUT2D eigenvalue weighted by molar-refractivity contribution is 6.12. The van der Waals surface area contributed by atoms with E-state index in [0.29, 0.717) is 23.2 Å². The van der Waals surface area contributed by atoms with E-state index in [1.165, 1.54) is 12.8 Å². The molecular weight excluding hydrogens is 276 g/mol. The third-order valence-electron chi connectivity index (χ3n) is 2.98. The number of ketones is 1. The summed E-state index contributed by atoms with van der Waals surface area (Å²) in [5, 5.41) is 2.53. The van der Waals surface area contributed by atoms with Gasteiger partial charge in [-0.2, -0.15) is 0 Å². The van der Waals surface area contributed by atoms with Crippen LogP contribution in [0.1, 0.15) is 35.7 Å². The highest BCUT2D eigenvalue weighted by Gasteiger charge is 2.12. The summed E-state index contributed by atoms with van der Waals surface area (Å²) in [6.07, 6.45) is 2.95. The Hall–Kier alpha value is -2.46. The van der Waals surface area contributed by atoms with Crippen LogP contribution in [-0.2, 0) is 4.79 Å². The van der Waals surface area contributed by atoms with E-state index >= 15 is 0 Å². The molecular formula is C18H22N2O2. The van der Waals surface area contributed by atoms with Gasteiger partial charge >= 0.3 is 0 Å². The van der Waals surface area contributed by atoms with Crippen LogP contribution < -0.4 is 11.1 Å². The maximum Gasteiger partial charge on any atom is 0.211 e. The number of hydrogen-bond donors (Lipinski definition) is 2. The lowest BCUT2D eigenvalue weighted by Gasteiger charge is -2.06. The van der Waals surface area contributed by atoms with Crippen LogP contribution in [0.3, 0.4) is 0 Å². The van der Waals surface area contributed by atoms with E-state index in [1.807, 2.05) is 18.2 Å². The van der Waals surface area contributed by atoms with Gasteiger partial charge in [0.05, 0.1) is 5.69 Å². The number of amides is 1. The zero-order valence-corrected chi connectivity index (χ0v) is 12.8. The lowest BCUT2D eigenvalue weighted by molar-refractivity contribution is -0.105. The Labute approximate surface area is 131 Å². The maximum atomic E-state index is 12.2. The lowest BCUT2D eigenvalue weighted by atomic mass is 10.0. The van der Waals surface area contributed by atoms with Gasteiger partial charge in [-0.15, -0.1) is 0 Å². The third kappa shape index (κ3) is 5.50. The summed E-state index contributed by atoms with van der Waals surface area (Å²) in [5.74, 6) is -0.101. The van der Waals surface area contributed by atoms with Crippen molar-refractivity contribution >= 4 is 17.9 Å². The minimum Gasteiger partial charge on any atom is -0.330 e. The molecule has 0 saturated carbocycles. The third-order valence-corrected chi connectivity index (χ3v) is 2.98. The van der Waals surface area contributed by atoms with Gasteiger partial charge in [-0.25, -0.2) is 0 Å². The molecule has 0 heterocycles. The Balaban J connectivity index is 0.000000422. The molecule has 0 aliphatic rings. The topological polar surface area (TPSA) is 72.2 Å². The normalized spacial score (nSPS) is 9.36. The molecule has 0 unspecified atom stereocenters. The molecule has 2 rings (SSSR count). The minimum atomic E-state index is -0.101. The summed E-state index contributed by atoms with van der Waals surface area (Å²) in [5.41, 5.74) is 6.76. The van der Waals surface area contributed by atoms with Crippen molar-refractivity contribution in [1.82, 2.24) is 0 Å². The van der Waals surface area contributed by atoms with E-state index in [-0.39, 0.29) is 5.78 Å². The highest BCUT2D eigenvalue weighted by atomic mass is 16.1. The zero-order valence-electron chi connectivity index (χ0n) is 12.8. The second kappa shape index (κ2) is 10.3. The average Bonchev–Trinajstić information content (AvgIpc) is 2.57. The fourth-order valence-electron chi connectivity index (χ4n) is 1.82. The van der Waals surface area contributed by atoms with Crippen LogP contribution in [0.2, 0.25) is 0 Å². The Bertz CT molecular complexity index is 581. The molecule has 0 spiro atoms. The number of carbonyl (C=O) groups excluding carboxylic acids is 2. The van der Waals surface area contributed by atoms with E-state index in [1.54, 1.807) is 36.4 Å². The van der Waals surface area contributed by atoms with Crippen LogP contribution >= 0.6 is 0 Å². The smallest absolute Gasteiger partial charge is 0.211 e. The van der Waals surface area contributed by atoms with Gasteiger partial charge in [0.1, 0.15) is 0 Å². The molecule has 0 saturated heterocycles. The quantitative estimate of drug-likeness (QED) is 0.635. The molecule has 22 heavy (non-hydrogen) atoms. The summed E-state index contributed by atoms with van der Waals surface area (Å²) >= 11 is 0. The Morgan fingerprint density at radius 2 is 1.73 bits per heavy atom. The van der Waals surface area contributed by atoms with Gasteiger partial charge in [0.15, 0.2) is 5.78 Å². The number of anilines is 1. The number of para-hydroxylation sites is 1.